The molecule has 0 aliphatic carbocycles. The van der Waals surface area contributed by atoms with Gasteiger partial charge in [-0.05, 0) is 116 Å². The summed E-state index contributed by atoms with van der Waals surface area (Å²) in [7, 11) is 0. The number of carbonyl (C=O) groups is 8. The number of carbonyl (C=O) groups excluding carboxylic acids is 7. The average molecular weight is 1220 g/mol. The second-order valence-corrected chi connectivity index (χ2v) is 23.5. The van der Waals surface area contributed by atoms with E-state index in [-0.39, 0.29) is 69.2 Å². The molecule has 0 saturated heterocycles. The van der Waals surface area contributed by atoms with Crippen LogP contribution < -0.4 is 55.3 Å². The fourth-order valence-electron chi connectivity index (χ4n) is 9.49. The molecule has 0 heterocycles. The number of nitrogens with two attached hydrogens (primary N) is 5. The van der Waals surface area contributed by atoms with E-state index in [1.807, 2.05) is 0 Å². The zero-order chi connectivity index (χ0) is 62.4. The van der Waals surface area contributed by atoms with Gasteiger partial charge in [0.05, 0.1) is 12.6 Å². The van der Waals surface area contributed by atoms with Gasteiger partial charge >= 0.3 is 17.9 Å². The highest BCUT2D eigenvalue weighted by atomic mass is 32.2. The summed E-state index contributed by atoms with van der Waals surface area (Å²) >= 11 is 1.20. The molecule has 0 aromatic heterocycles. The maximum absolute atomic E-state index is 14.1. The molecule has 1 unspecified atom stereocenters. The van der Waals surface area contributed by atoms with E-state index in [4.69, 9.17) is 38.1 Å². The topological polar surface area (TPSA) is 386 Å². The summed E-state index contributed by atoms with van der Waals surface area (Å²) in [4.78, 5) is 107. The van der Waals surface area contributed by atoms with Crippen LogP contribution in [0.1, 0.15) is 245 Å². The summed E-state index contributed by atoms with van der Waals surface area (Å²) in [5.74, 6) is -5.72. The summed E-state index contributed by atoms with van der Waals surface area (Å²) in [6.45, 7) is 4.68. The van der Waals surface area contributed by atoms with Crippen molar-refractivity contribution in [2.45, 2.75) is 287 Å². The number of nitrogens with one attached hydrogen (secondary N) is 5. The number of thioether (sulfide) groups is 1. The van der Waals surface area contributed by atoms with Gasteiger partial charge < -0.3 is 74.9 Å². The third kappa shape index (κ3) is 43.5. The molecule has 0 aromatic carbocycles. The molecule has 84 heavy (non-hydrogen) atoms. The number of aliphatic carboxylic acids is 1. The Hall–Kier alpha value is -4.13. The first-order valence-corrected chi connectivity index (χ1v) is 33.6. The fourth-order valence-corrected chi connectivity index (χ4v) is 10.5. The molecule has 490 valence electrons. The summed E-state index contributed by atoms with van der Waals surface area (Å²) < 4.78 is 11.4. The zero-order valence-electron chi connectivity index (χ0n) is 51.9. The van der Waals surface area contributed by atoms with Gasteiger partial charge in [-0.2, -0.15) is 11.8 Å². The first-order valence-electron chi connectivity index (χ1n) is 32.5. The molecule has 23 heteroatoms. The molecule has 5 amide bonds. The molecule has 0 spiro atoms. The first-order chi connectivity index (χ1) is 40.6. The third-order valence-corrected chi connectivity index (χ3v) is 16.0. The van der Waals surface area contributed by atoms with Crippen LogP contribution in [0, 0.1) is 0 Å². The van der Waals surface area contributed by atoms with Crippen LogP contribution >= 0.6 is 11.8 Å². The number of hydrogen-bond acceptors (Lipinski definition) is 17. The van der Waals surface area contributed by atoms with Gasteiger partial charge in [0.1, 0.15) is 42.9 Å². The Labute approximate surface area is 508 Å². The number of esters is 2. The minimum Gasteiger partial charge on any atom is -0.480 e. The molecule has 0 aromatic rings. The van der Waals surface area contributed by atoms with E-state index in [9.17, 15) is 48.6 Å². The number of unbranched alkanes of at least 4 members (excludes halogenated alkanes) is 24. The Balaban J connectivity index is 5.86. The zero-order valence-corrected chi connectivity index (χ0v) is 52.7. The second-order valence-electron chi connectivity index (χ2n) is 22.5. The number of ether oxygens (including phenoxy) is 2. The smallest absolute Gasteiger partial charge is 0.326 e. The Kier molecular flexibility index (Phi) is 52.7. The normalized spacial score (nSPS) is 13.8. The number of aliphatic hydroxyl groups is 1. The van der Waals surface area contributed by atoms with Gasteiger partial charge in [-0.1, -0.05) is 142 Å². The highest BCUT2D eigenvalue weighted by molar-refractivity contribution is 7.99. The van der Waals surface area contributed by atoms with Gasteiger partial charge in [-0.25, -0.2) is 4.79 Å². The van der Waals surface area contributed by atoms with Crippen LogP contribution in [0.25, 0.3) is 0 Å². The van der Waals surface area contributed by atoms with E-state index in [1.54, 1.807) is 0 Å². The molecule has 0 aliphatic rings. The van der Waals surface area contributed by atoms with Crippen molar-refractivity contribution in [1.29, 1.82) is 0 Å². The monoisotopic (exact) mass is 1210 g/mol. The minimum absolute atomic E-state index is 0.00708. The highest BCUT2D eigenvalue weighted by Gasteiger charge is 2.33. The number of hydrogen-bond donors (Lipinski definition) is 12. The van der Waals surface area contributed by atoms with Crippen LogP contribution in [0.5, 0.6) is 0 Å². The van der Waals surface area contributed by atoms with Crippen LogP contribution in [-0.4, -0.2) is 151 Å². The lowest BCUT2D eigenvalue weighted by Gasteiger charge is -2.27. The predicted octanol–water partition coefficient (Wildman–Crippen LogP) is 5.92. The van der Waals surface area contributed by atoms with Gasteiger partial charge in [0, 0.05) is 24.3 Å². The van der Waals surface area contributed by atoms with Gasteiger partial charge in [0.15, 0.2) is 0 Å². The van der Waals surface area contributed by atoms with Crippen LogP contribution in [-0.2, 0) is 47.8 Å². The van der Waals surface area contributed by atoms with Crippen LogP contribution in [0.3, 0.4) is 0 Å². The number of carboxylic acids is 1. The quantitative estimate of drug-likeness (QED) is 0.0248. The largest absolute Gasteiger partial charge is 0.480 e. The Morgan fingerprint density at radius 1 is 0.405 bits per heavy atom. The standard InChI is InChI=1S/C61H118N10O12S/c1-3-5-7-9-11-13-15-17-19-21-23-37-54(73)82-44-47(83-55(74)38-24-22-20-18-16-14-12-10-8-6-4-2)45-84-46-48(66)56(75)71-53(43-72)60(79)69-50(34-26-30-40-63)58(77)67-49(33-25-29-39-62)57(76)68-51(35-27-31-41-64)59(78)70-52(61(80)81)36-28-32-42-65/h47-53,72H,3-46,62-66H2,1-2H3,(H,67,77)(H,68,76)(H,69,79)(H,70,78)(H,71,75)(H,80,81)/t47?,48-,49-,50-,51-,52-,53-/m0/s1. The number of aliphatic hydroxyl groups excluding tert-OH is 1. The lowest BCUT2D eigenvalue weighted by molar-refractivity contribution is -0.157. The Morgan fingerprint density at radius 2 is 0.726 bits per heavy atom. The molecular formula is C61H118N10O12S. The van der Waals surface area contributed by atoms with Gasteiger partial charge in [-0.15, -0.1) is 0 Å². The summed E-state index contributed by atoms with van der Waals surface area (Å²) in [6, 6.07) is -7.60. The molecule has 0 radical (unpaired) electrons. The van der Waals surface area contributed by atoms with Gasteiger partial charge in [0.25, 0.3) is 0 Å². The van der Waals surface area contributed by atoms with Crippen molar-refractivity contribution < 1.29 is 58.0 Å². The number of amides is 5. The van der Waals surface area contributed by atoms with Crippen molar-refractivity contribution in [2.75, 3.05) is 50.9 Å². The van der Waals surface area contributed by atoms with E-state index in [0.717, 1.165) is 38.5 Å². The summed E-state index contributed by atoms with van der Waals surface area (Å²) in [5, 5.41) is 33.2. The van der Waals surface area contributed by atoms with E-state index >= 15 is 0 Å². The molecule has 17 N–H and O–H groups in total. The van der Waals surface area contributed by atoms with E-state index < -0.39 is 90.4 Å². The predicted molar refractivity (Wildman–Crippen MR) is 334 cm³/mol. The molecule has 0 aliphatic heterocycles. The molecule has 0 rings (SSSR count). The minimum atomic E-state index is -1.54. The first kappa shape index (κ1) is 79.9. The number of rotatable bonds is 59. The van der Waals surface area contributed by atoms with Crippen molar-refractivity contribution >= 4 is 59.2 Å². The van der Waals surface area contributed by atoms with E-state index in [2.05, 4.69) is 40.4 Å². The van der Waals surface area contributed by atoms with E-state index in [0.29, 0.717) is 83.8 Å². The maximum Gasteiger partial charge on any atom is 0.326 e. The summed E-state index contributed by atoms with van der Waals surface area (Å²) in [5.41, 5.74) is 29.1. The van der Waals surface area contributed by atoms with Crippen molar-refractivity contribution in [3.05, 3.63) is 0 Å². The van der Waals surface area contributed by atoms with Crippen LogP contribution in [0.4, 0.5) is 0 Å². The van der Waals surface area contributed by atoms with Crippen LogP contribution in [0.2, 0.25) is 0 Å². The van der Waals surface area contributed by atoms with Crippen molar-refractivity contribution in [3.63, 3.8) is 0 Å². The lowest BCUT2D eigenvalue weighted by atomic mass is 10.0. The van der Waals surface area contributed by atoms with Crippen molar-refractivity contribution in [1.82, 2.24) is 26.6 Å². The molecule has 0 bridgehead atoms. The summed E-state index contributed by atoms with van der Waals surface area (Å²) in [6.07, 6.45) is 29.0. The third-order valence-electron chi connectivity index (χ3n) is 14.8. The average Bonchev–Trinajstić information content (AvgIpc) is 3.67. The second kappa shape index (κ2) is 55.4. The van der Waals surface area contributed by atoms with Gasteiger partial charge in [-0.3, -0.25) is 33.6 Å². The SMILES string of the molecule is CCCCCCCCCCCCCC(=O)OCC(CSC[C@H](N)C(=O)N[C@@H](CO)C(=O)N[C@@H](CCCCN)C(=O)N[C@@H](CCCCN)C(=O)N[C@@H](CCCCN)C(=O)N[C@@H](CCCCN)C(=O)O)OC(=O)CCCCCCCCCCCCC. The van der Waals surface area contributed by atoms with Crippen LogP contribution in [0.15, 0.2) is 0 Å². The Morgan fingerprint density at radius 3 is 1.08 bits per heavy atom. The Bertz CT molecular complexity index is 1740. The molecule has 7 atom stereocenters. The van der Waals surface area contributed by atoms with Crippen molar-refractivity contribution in [2.24, 2.45) is 28.7 Å². The lowest BCUT2D eigenvalue weighted by Crippen LogP contribution is -2.59. The van der Waals surface area contributed by atoms with Crippen molar-refractivity contribution in [3.8, 4) is 0 Å². The fraction of sp³-hybridized carbons (Fsp3) is 0.869. The van der Waals surface area contributed by atoms with E-state index in [1.165, 1.54) is 102 Å². The number of carboxylic acid groups (broad SMARTS) is 1. The molecule has 22 nitrogen and oxygen atoms in total. The molecule has 0 fully saturated rings. The molecular weight excluding hydrogens is 1100 g/mol. The maximum atomic E-state index is 14.1. The van der Waals surface area contributed by atoms with Gasteiger partial charge in [0.2, 0.25) is 29.5 Å². The molecule has 0 saturated carbocycles. The highest BCUT2D eigenvalue weighted by Crippen LogP contribution is 2.17.